The first kappa shape index (κ1) is 21.6. The summed E-state index contributed by atoms with van der Waals surface area (Å²) in [7, 11) is 3.23. The summed E-state index contributed by atoms with van der Waals surface area (Å²) in [6.45, 7) is 2.50. The highest BCUT2D eigenvalue weighted by molar-refractivity contribution is 5.88. The van der Waals surface area contributed by atoms with E-state index in [4.69, 9.17) is 13.9 Å². The number of hydrogen-bond acceptors (Lipinski definition) is 4. The Bertz CT molecular complexity index is 1190. The van der Waals surface area contributed by atoms with Crippen LogP contribution in [0.15, 0.2) is 65.4 Å². The van der Waals surface area contributed by atoms with Gasteiger partial charge < -0.3 is 24.2 Å². The lowest BCUT2D eigenvalue weighted by atomic mass is 9.87. The van der Waals surface area contributed by atoms with Crippen LogP contribution in [0.1, 0.15) is 41.7 Å². The third-order valence-electron chi connectivity index (χ3n) is 5.83. The van der Waals surface area contributed by atoms with Crippen LogP contribution in [0, 0.1) is 0 Å². The first-order valence-corrected chi connectivity index (χ1v) is 10.7. The minimum atomic E-state index is -0.160. The zero-order valence-corrected chi connectivity index (χ0v) is 18.6. The number of aromatic amines is 1. The fraction of sp³-hybridized carbons (Fsp3) is 0.269. The largest absolute Gasteiger partial charge is 0.493 e. The molecule has 2 aromatic heterocycles. The van der Waals surface area contributed by atoms with Gasteiger partial charge in [0.25, 0.3) is 0 Å². The van der Waals surface area contributed by atoms with E-state index in [1.807, 2.05) is 36.5 Å². The van der Waals surface area contributed by atoms with E-state index >= 15 is 0 Å². The molecule has 0 aliphatic carbocycles. The highest BCUT2D eigenvalue weighted by Crippen LogP contribution is 2.38. The second-order valence-corrected chi connectivity index (χ2v) is 7.66. The minimum Gasteiger partial charge on any atom is -0.493 e. The van der Waals surface area contributed by atoms with Crippen molar-refractivity contribution in [3.63, 3.8) is 0 Å². The van der Waals surface area contributed by atoms with Crippen molar-refractivity contribution in [3.05, 3.63) is 83.4 Å². The van der Waals surface area contributed by atoms with Gasteiger partial charge in [-0.05, 0) is 47.4 Å². The molecule has 2 N–H and O–H groups in total. The fourth-order valence-corrected chi connectivity index (χ4v) is 4.16. The molecule has 2 aromatic carbocycles. The van der Waals surface area contributed by atoms with Gasteiger partial charge in [-0.3, -0.25) is 4.79 Å². The van der Waals surface area contributed by atoms with Crippen LogP contribution in [0.25, 0.3) is 10.9 Å². The van der Waals surface area contributed by atoms with Gasteiger partial charge in [-0.15, -0.1) is 0 Å². The van der Waals surface area contributed by atoms with E-state index in [-0.39, 0.29) is 11.8 Å². The van der Waals surface area contributed by atoms with E-state index in [2.05, 4.69) is 35.4 Å². The number of aryl methyl sites for hydroxylation is 1. The lowest BCUT2D eigenvalue weighted by molar-refractivity contribution is -0.121. The molecule has 6 heteroatoms. The summed E-state index contributed by atoms with van der Waals surface area (Å²) >= 11 is 0. The third kappa shape index (κ3) is 4.35. The Morgan fingerprint density at radius 3 is 2.66 bits per heavy atom. The van der Waals surface area contributed by atoms with E-state index in [0.717, 1.165) is 34.2 Å². The number of H-pyrrole nitrogens is 1. The molecule has 166 valence electrons. The average molecular weight is 433 g/mol. The van der Waals surface area contributed by atoms with Crippen molar-refractivity contribution < 1.29 is 18.7 Å². The maximum atomic E-state index is 12.9. The summed E-state index contributed by atoms with van der Waals surface area (Å²) in [4.78, 5) is 16.4. The summed E-state index contributed by atoms with van der Waals surface area (Å²) in [6, 6.07) is 15.8. The fourth-order valence-electron chi connectivity index (χ4n) is 4.16. The molecule has 0 spiro atoms. The summed E-state index contributed by atoms with van der Waals surface area (Å²) in [6.07, 6.45) is 4.84. The van der Waals surface area contributed by atoms with E-state index in [1.54, 1.807) is 20.5 Å². The molecule has 1 amide bonds. The molecule has 4 aromatic rings. The summed E-state index contributed by atoms with van der Waals surface area (Å²) in [5.74, 6) is 1.81. The molecule has 0 saturated carbocycles. The maximum absolute atomic E-state index is 12.9. The van der Waals surface area contributed by atoms with Gasteiger partial charge in [-0.1, -0.05) is 31.2 Å². The Hall–Kier alpha value is -3.67. The third-order valence-corrected chi connectivity index (χ3v) is 5.83. The number of furan rings is 1. The first-order chi connectivity index (χ1) is 15.6. The topological polar surface area (TPSA) is 76.5 Å². The van der Waals surface area contributed by atoms with Crippen LogP contribution in [-0.2, 0) is 17.8 Å². The predicted octanol–water partition coefficient (Wildman–Crippen LogP) is 5.18. The summed E-state index contributed by atoms with van der Waals surface area (Å²) in [5, 5.41) is 4.10. The second kappa shape index (κ2) is 9.64. The summed E-state index contributed by atoms with van der Waals surface area (Å²) < 4.78 is 16.3. The molecule has 1 atom stereocenters. The average Bonchev–Trinajstić information content (AvgIpc) is 3.50. The van der Waals surface area contributed by atoms with Crippen molar-refractivity contribution in [1.29, 1.82) is 0 Å². The Morgan fingerprint density at radius 2 is 1.94 bits per heavy atom. The highest BCUT2D eigenvalue weighted by Gasteiger charge is 2.23. The lowest BCUT2D eigenvalue weighted by Crippen LogP contribution is -2.24. The van der Waals surface area contributed by atoms with Gasteiger partial charge in [0.05, 0.1) is 27.0 Å². The van der Waals surface area contributed by atoms with Gasteiger partial charge in [-0.25, -0.2) is 0 Å². The molecular formula is C26H28N2O4. The van der Waals surface area contributed by atoms with Crippen LogP contribution >= 0.6 is 0 Å². The van der Waals surface area contributed by atoms with Gasteiger partial charge in [-0.2, -0.15) is 0 Å². The Labute approximate surface area is 187 Å². The number of para-hydroxylation sites is 1. The minimum absolute atomic E-state index is 0.0535. The van der Waals surface area contributed by atoms with Gasteiger partial charge >= 0.3 is 0 Å². The normalized spacial score (nSPS) is 12.0. The molecule has 0 bridgehead atoms. The Balaban J connectivity index is 1.71. The van der Waals surface area contributed by atoms with Crippen molar-refractivity contribution in [2.45, 2.75) is 32.2 Å². The molecular weight excluding hydrogens is 404 g/mol. The molecule has 0 radical (unpaired) electrons. The monoisotopic (exact) mass is 432 g/mol. The maximum Gasteiger partial charge on any atom is 0.221 e. The van der Waals surface area contributed by atoms with Gasteiger partial charge in [0, 0.05) is 29.4 Å². The highest BCUT2D eigenvalue weighted by atomic mass is 16.5. The van der Waals surface area contributed by atoms with E-state index in [1.165, 1.54) is 5.56 Å². The second-order valence-electron chi connectivity index (χ2n) is 7.66. The molecule has 0 fully saturated rings. The van der Waals surface area contributed by atoms with Crippen molar-refractivity contribution in [2.24, 2.45) is 0 Å². The van der Waals surface area contributed by atoms with Crippen molar-refractivity contribution in [2.75, 3.05) is 14.2 Å². The standard InChI is InChI=1S/C26H28N2O4/c1-4-17-7-5-9-20-22(16-28-26(17)20)21(14-25(29)27-15-19-8-6-12-32-19)18-10-11-23(30-2)24(13-18)31-3/h5-13,16,21,28H,4,14-15H2,1-3H3,(H,27,29)/t21-/m0/s1. The van der Waals surface area contributed by atoms with E-state index in [9.17, 15) is 4.79 Å². The molecule has 32 heavy (non-hydrogen) atoms. The quantitative estimate of drug-likeness (QED) is 0.382. The molecule has 0 unspecified atom stereocenters. The van der Waals surface area contributed by atoms with Crippen molar-refractivity contribution >= 4 is 16.8 Å². The smallest absolute Gasteiger partial charge is 0.221 e. The number of rotatable bonds is 9. The molecule has 6 nitrogen and oxygen atoms in total. The van der Waals surface area contributed by atoms with Gasteiger partial charge in [0.15, 0.2) is 11.5 Å². The van der Waals surface area contributed by atoms with Gasteiger partial charge in [0.1, 0.15) is 5.76 Å². The van der Waals surface area contributed by atoms with Crippen LogP contribution < -0.4 is 14.8 Å². The SMILES string of the molecule is CCc1cccc2c([C@@H](CC(=O)NCc3ccco3)c3ccc(OC)c(OC)c3)c[nH]c12. The molecule has 2 heterocycles. The Morgan fingerprint density at radius 1 is 1.09 bits per heavy atom. The van der Waals surface area contributed by atoms with Crippen LogP contribution in [0.4, 0.5) is 0 Å². The van der Waals surface area contributed by atoms with E-state index in [0.29, 0.717) is 24.5 Å². The number of ether oxygens (including phenoxy) is 2. The summed E-state index contributed by atoms with van der Waals surface area (Å²) in [5.41, 5.74) is 4.43. The van der Waals surface area contributed by atoms with Crippen molar-refractivity contribution in [1.82, 2.24) is 10.3 Å². The molecule has 0 aliphatic rings. The number of aromatic nitrogens is 1. The number of hydrogen-bond donors (Lipinski definition) is 2. The number of carbonyl (C=O) groups is 1. The first-order valence-electron chi connectivity index (χ1n) is 10.7. The number of nitrogens with one attached hydrogen (secondary N) is 2. The van der Waals surface area contributed by atoms with E-state index < -0.39 is 0 Å². The zero-order valence-electron chi connectivity index (χ0n) is 18.6. The van der Waals surface area contributed by atoms with Crippen LogP contribution in [0.5, 0.6) is 11.5 Å². The number of fused-ring (bicyclic) bond motifs is 1. The molecule has 0 aliphatic heterocycles. The lowest BCUT2D eigenvalue weighted by Gasteiger charge is -2.19. The number of carbonyl (C=O) groups excluding carboxylic acids is 1. The van der Waals surface area contributed by atoms with Crippen LogP contribution in [-0.4, -0.2) is 25.1 Å². The predicted molar refractivity (Wildman–Crippen MR) is 124 cm³/mol. The number of methoxy groups -OCH3 is 2. The van der Waals surface area contributed by atoms with Crippen LogP contribution in [0.2, 0.25) is 0 Å². The zero-order chi connectivity index (χ0) is 22.5. The Kier molecular flexibility index (Phi) is 6.50. The number of amides is 1. The van der Waals surface area contributed by atoms with Gasteiger partial charge in [0.2, 0.25) is 5.91 Å². The molecule has 4 rings (SSSR count). The van der Waals surface area contributed by atoms with Crippen LogP contribution in [0.3, 0.4) is 0 Å². The van der Waals surface area contributed by atoms with Crippen molar-refractivity contribution in [3.8, 4) is 11.5 Å². The number of benzene rings is 2. The molecule has 0 saturated heterocycles.